The molecule has 1 fully saturated rings. The van der Waals surface area contributed by atoms with Crippen molar-refractivity contribution in [1.29, 1.82) is 5.41 Å². The van der Waals surface area contributed by atoms with Crippen molar-refractivity contribution in [3.05, 3.63) is 54.1 Å². The molecule has 1 aliphatic heterocycles. The summed E-state index contributed by atoms with van der Waals surface area (Å²) < 4.78 is 32.9. The summed E-state index contributed by atoms with van der Waals surface area (Å²) in [6, 6.07) is 9.48. The van der Waals surface area contributed by atoms with Crippen LogP contribution in [0.25, 0.3) is 0 Å². The van der Waals surface area contributed by atoms with Crippen molar-refractivity contribution in [3.8, 4) is 5.75 Å². The van der Waals surface area contributed by atoms with E-state index in [1.54, 1.807) is 31.3 Å². The Labute approximate surface area is 183 Å². The molecule has 2 heterocycles. The quantitative estimate of drug-likeness (QED) is 0.710. The van der Waals surface area contributed by atoms with Gasteiger partial charge in [-0.3, -0.25) is 14.5 Å². The predicted molar refractivity (Wildman–Crippen MR) is 118 cm³/mol. The molecule has 0 aliphatic carbocycles. The highest BCUT2D eigenvalue weighted by atomic mass is 32.2. The maximum atomic E-state index is 12.9. The van der Waals surface area contributed by atoms with Crippen molar-refractivity contribution >= 4 is 28.5 Å². The summed E-state index contributed by atoms with van der Waals surface area (Å²) in [5.41, 5.74) is 0.682. The molecule has 3 atom stereocenters. The molecule has 31 heavy (non-hydrogen) atoms. The molecule has 10 heteroatoms. The van der Waals surface area contributed by atoms with Gasteiger partial charge in [-0.2, -0.15) is 0 Å². The van der Waals surface area contributed by atoms with Crippen molar-refractivity contribution in [2.45, 2.75) is 31.1 Å². The smallest absolute Gasteiger partial charge is 0.274 e. The standard InChI is InChI=1S/C21H26FN5O3S/c1-14-12-18(31(29)27(3)21(23)26(14)2)10-11-30-17-7-5-16(6-8-17)25-20(28)19-9-4-15(22)13-24-19/h4-9,13-14,18,23H,10-12H2,1-3H3,(H,25,28). The molecule has 3 rings (SSSR count). The number of pyridine rings is 1. The zero-order valence-corrected chi connectivity index (χ0v) is 18.5. The van der Waals surface area contributed by atoms with Gasteiger partial charge in [0.25, 0.3) is 5.91 Å². The van der Waals surface area contributed by atoms with Crippen LogP contribution in [0.3, 0.4) is 0 Å². The van der Waals surface area contributed by atoms with Crippen molar-refractivity contribution in [2.75, 3.05) is 26.0 Å². The highest BCUT2D eigenvalue weighted by molar-refractivity contribution is 7.83. The fraction of sp³-hybridized carbons (Fsp3) is 0.381. The third-order valence-corrected chi connectivity index (χ3v) is 6.94. The van der Waals surface area contributed by atoms with Crippen molar-refractivity contribution in [3.63, 3.8) is 0 Å². The number of carbonyl (C=O) groups excluding carboxylic acids is 1. The monoisotopic (exact) mass is 447 g/mol. The van der Waals surface area contributed by atoms with Crippen LogP contribution in [-0.4, -0.2) is 62.3 Å². The van der Waals surface area contributed by atoms with E-state index < -0.39 is 22.7 Å². The SMILES string of the molecule is CC1CC(CCOc2ccc(NC(=O)c3ccc(F)cn3)cc2)S(=O)N(C)C(=N)N1C. The van der Waals surface area contributed by atoms with E-state index in [-0.39, 0.29) is 22.9 Å². The molecule has 166 valence electrons. The van der Waals surface area contributed by atoms with Crippen LogP contribution >= 0.6 is 0 Å². The topological polar surface area (TPSA) is 98.6 Å². The van der Waals surface area contributed by atoms with Gasteiger partial charge in [0, 0.05) is 25.8 Å². The lowest BCUT2D eigenvalue weighted by molar-refractivity contribution is 0.102. The Bertz CT molecular complexity index is 954. The third-order valence-electron chi connectivity index (χ3n) is 5.23. The minimum Gasteiger partial charge on any atom is -0.494 e. The number of aromatic nitrogens is 1. The first-order chi connectivity index (χ1) is 14.8. The van der Waals surface area contributed by atoms with Gasteiger partial charge in [-0.1, -0.05) is 0 Å². The first-order valence-electron chi connectivity index (χ1n) is 9.88. The normalized spacial score (nSPS) is 21.5. The number of guanidine groups is 1. The summed E-state index contributed by atoms with van der Waals surface area (Å²) >= 11 is 0. The van der Waals surface area contributed by atoms with Gasteiger partial charge in [-0.05, 0) is 56.2 Å². The molecule has 1 aliphatic rings. The number of carbonyl (C=O) groups is 1. The van der Waals surface area contributed by atoms with Crippen LogP contribution < -0.4 is 10.1 Å². The Morgan fingerprint density at radius 2 is 2.00 bits per heavy atom. The molecule has 2 aromatic rings. The number of anilines is 1. The molecule has 2 N–H and O–H groups in total. The van der Waals surface area contributed by atoms with Crippen LogP contribution in [-0.2, 0) is 11.0 Å². The number of amides is 1. The van der Waals surface area contributed by atoms with E-state index in [0.717, 1.165) is 6.20 Å². The van der Waals surface area contributed by atoms with Crippen LogP contribution in [0.4, 0.5) is 10.1 Å². The average molecular weight is 448 g/mol. The lowest BCUT2D eigenvalue weighted by Gasteiger charge is -2.26. The molecular formula is C21H26FN5O3S. The number of rotatable bonds is 6. The van der Waals surface area contributed by atoms with Gasteiger partial charge in [0.2, 0.25) is 5.96 Å². The summed E-state index contributed by atoms with van der Waals surface area (Å²) in [6.45, 7) is 2.41. The highest BCUT2D eigenvalue weighted by Crippen LogP contribution is 2.22. The van der Waals surface area contributed by atoms with Gasteiger partial charge >= 0.3 is 0 Å². The Kier molecular flexibility index (Phi) is 7.21. The van der Waals surface area contributed by atoms with Gasteiger partial charge in [0.1, 0.15) is 28.2 Å². The maximum absolute atomic E-state index is 12.9. The van der Waals surface area contributed by atoms with Crippen LogP contribution in [0, 0.1) is 11.2 Å². The number of nitrogens with zero attached hydrogens (tertiary/aromatic N) is 3. The van der Waals surface area contributed by atoms with E-state index in [1.807, 2.05) is 18.9 Å². The van der Waals surface area contributed by atoms with E-state index >= 15 is 0 Å². The highest BCUT2D eigenvalue weighted by Gasteiger charge is 2.32. The second kappa shape index (κ2) is 9.86. The fourth-order valence-electron chi connectivity index (χ4n) is 3.23. The number of hydrogen-bond acceptors (Lipinski definition) is 5. The molecule has 8 nitrogen and oxygen atoms in total. The molecule has 0 radical (unpaired) electrons. The molecule has 0 bridgehead atoms. The summed E-state index contributed by atoms with van der Waals surface area (Å²) in [4.78, 5) is 17.7. The number of benzene rings is 1. The third kappa shape index (κ3) is 5.57. The molecule has 1 aromatic carbocycles. The van der Waals surface area contributed by atoms with Gasteiger partial charge in [-0.25, -0.2) is 13.6 Å². The molecule has 1 saturated heterocycles. The molecular weight excluding hydrogens is 421 g/mol. The minimum atomic E-state index is -1.29. The number of ether oxygens (including phenoxy) is 1. The lowest BCUT2D eigenvalue weighted by atomic mass is 10.1. The zero-order valence-electron chi connectivity index (χ0n) is 17.7. The van der Waals surface area contributed by atoms with E-state index in [1.165, 1.54) is 16.4 Å². The molecule has 0 spiro atoms. The second-order valence-electron chi connectivity index (χ2n) is 7.39. The molecule has 3 unspecified atom stereocenters. The second-order valence-corrected chi connectivity index (χ2v) is 9.16. The predicted octanol–water partition coefficient (Wildman–Crippen LogP) is 2.86. The average Bonchev–Trinajstić information content (AvgIpc) is 2.83. The van der Waals surface area contributed by atoms with Gasteiger partial charge in [0.15, 0.2) is 0 Å². The van der Waals surface area contributed by atoms with E-state index in [4.69, 9.17) is 10.1 Å². The number of halogens is 1. The summed E-state index contributed by atoms with van der Waals surface area (Å²) in [6.07, 6.45) is 2.30. The number of nitrogens with one attached hydrogen (secondary N) is 2. The van der Waals surface area contributed by atoms with Crippen LogP contribution in [0.15, 0.2) is 42.6 Å². The van der Waals surface area contributed by atoms with E-state index in [9.17, 15) is 13.4 Å². The Morgan fingerprint density at radius 1 is 1.29 bits per heavy atom. The van der Waals surface area contributed by atoms with E-state index in [2.05, 4.69) is 10.3 Å². The van der Waals surface area contributed by atoms with E-state index in [0.29, 0.717) is 30.9 Å². The summed E-state index contributed by atoms with van der Waals surface area (Å²) in [5.74, 6) is -0.0540. The molecule has 1 aromatic heterocycles. The lowest BCUT2D eigenvalue weighted by Crippen LogP contribution is -2.41. The largest absolute Gasteiger partial charge is 0.494 e. The Balaban J connectivity index is 1.52. The maximum Gasteiger partial charge on any atom is 0.274 e. The first kappa shape index (κ1) is 22.7. The molecule has 0 saturated carbocycles. The van der Waals surface area contributed by atoms with Crippen molar-refractivity contribution in [2.24, 2.45) is 0 Å². The number of hydrogen-bond donors (Lipinski definition) is 2. The Morgan fingerprint density at radius 3 is 2.65 bits per heavy atom. The fourth-order valence-corrected chi connectivity index (χ4v) is 4.71. The first-order valence-corrected chi connectivity index (χ1v) is 11.0. The van der Waals surface area contributed by atoms with Gasteiger partial charge < -0.3 is 15.0 Å². The van der Waals surface area contributed by atoms with Crippen LogP contribution in [0.2, 0.25) is 0 Å². The Hall–Kier alpha value is -3.01. The zero-order chi connectivity index (χ0) is 22.5. The summed E-state index contributed by atoms with van der Waals surface area (Å²) in [7, 11) is 2.23. The van der Waals surface area contributed by atoms with Crippen molar-refractivity contribution < 1.29 is 18.1 Å². The van der Waals surface area contributed by atoms with Gasteiger partial charge in [-0.15, -0.1) is 0 Å². The van der Waals surface area contributed by atoms with Crippen LogP contribution in [0.1, 0.15) is 30.3 Å². The van der Waals surface area contributed by atoms with Gasteiger partial charge in [0.05, 0.1) is 18.1 Å². The van der Waals surface area contributed by atoms with Crippen LogP contribution in [0.5, 0.6) is 5.75 Å². The minimum absolute atomic E-state index is 0.105. The summed E-state index contributed by atoms with van der Waals surface area (Å²) in [5, 5.41) is 10.7. The molecule has 1 amide bonds. The van der Waals surface area contributed by atoms with Crippen molar-refractivity contribution in [1.82, 2.24) is 14.2 Å².